The summed E-state index contributed by atoms with van der Waals surface area (Å²) in [6, 6.07) is -0.855. The van der Waals surface area contributed by atoms with Gasteiger partial charge in [-0.1, -0.05) is 6.92 Å². The average molecular weight is 174 g/mol. The van der Waals surface area contributed by atoms with Gasteiger partial charge in [0.1, 0.15) is 6.04 Å². The van der Waals surface area contributed by atoms with Crippen LogP contribution in [0.4, 0.5) is 0 Å². The van der Waals surface area contributed by atoms with Gasteiger partial charge in [0.15, 0.2) is 0 Å². The van der Waals surface area contributed by atoms with Gasteiger partial charge in [0.05, 0.1) is 0 Å². The highest BCUT2D eigenvalue weighted by atomic mass is 16.4. The molecule has 0 saturated carbocycles. The minimum Gasteiger partial charge on any atom is -0.480 e. The maximum Gasteiger partial charge on any atom is 0.325 e. The Morgan fingerprint density at radius 1 is 1.50 bits per heavy atom. The van der Waals surface area contributed by atoms with E-state index in [1.54, 1.807) is 6.92 Å². The van der Waals surface area contributed by atoms with Gasteiger partial charge in [-0.05, 0) is 6.92 Å². The van der Waals surface area contributed by atoms with Crippen LogP contribution in [0.25, 0.3) is 0 Å². The maximum atomic E-state index is 11.0. The van der Waals surface area contributed by atoms with Crippen LogP contribution in [-0.4, -0.2) is 29.6 Å². The minimum absolute atomic E-state index is 0.220. The number of aliphatic carboxylic acids is 1. The molecule has 4 N–H and O–H groups in total. The van der Waals surface area contributed by atoms with E-state index in [0.717, 1.165) is 0 Å². The summed E-state index contributed by atoms with van der Waals surface area (Å²) >= 11 is 0. The maximum absolute atomic E-state index is 11.0. The number of carbonyl (C=O) groups is 2. The van der Waals surface area contributed by atoms with Crippen LogP contribution in [-0.2, 0) is 9.59 Å². The quantitative estimate of drug-likeness (QED) is 0.518. The van der Waals surface area contributed by atoms with Crippen LogP contribution >= 0.6 is 0 Å². The van der Waals surface area contributed by atoms with E-state index < -0.39 is 12.0 Å². The van der Waals surface area contributed by atoms with Gasteiger partial charge in [-0.2, -0.15) is 0 Å². The summed E-state index contributed by atoms with van der Waals surface area (Å²) in [6.45, 7) is 3.27. The van der Waals surface area contributed by atoms with Crippen molar-refractivity contribution in [1.29, 1.82) is 0 Å². The molecule has 2 atom stereocenters. The molecule has 1 amide bonds. The fourth-order valence-electron chi connectivity index (χ4n) is 0.524. The summed E-state index contributed by atoms with van der Waals surface area (Å²) in [6.07, 6.45) is 0. The summed E-state index contributed by atoms with van der Waals surface area (Å²) < 4.78 is 0. The van der Waals surface area contributed by atoms with E-state index in [0.29, 0.717) is 0 Å². The number of nitrogens with two attached hydrogens (primary N) is 1. The third-order valence-corrected chi connectivity index (χ3v) is 1.53. The van der Waals surface area contributed by atoms with Crippen molar-refractivity contribution in [1.82, 2.24) is 5.32 Å². The molecular formula is C7H14N2O3. The molecule has 0 bridgehead atoms. The monoisotopic (exact) mass is 174 g/mol. The Bertz CT molecular complexity index is 181. The van der Waals surface area contributed by atoms with E-state index >= 15 is 0 Å². The summed E-state index contributed by atoms with van der Waals surface area (Å²) in [7, 11) is 0. The van der Waals surface area contributed by atoms with Gasteiger partial charge in [-0.3, -0.25) is 9.59 Å². The third-order valence-electron chi connectivity index (χ3n) is 1.53. The van der Waals surface area contributed by atoms with Crippen molar-refractivity contribution in [3.8, 4) is 0 Å². The van der Waals surface area contributed by atoms with Crippen LogP contribution in [0, 0.1) is 5.92 Å². The van der Waals surface area contributed by atoms with Crippen molar-refractivity contribution < 1.29 is 14.7 Å². The predicted octanol–water partition coefficient (Wildman–Crippen LogP) is -0.829. The smallest absolute Gasteiger partial charge is 0.325 e. The number of rotatable bonds is 4. The Kier molecular flexibility index (Phi) is 4.28. The van der Waals surface area contributed by atoms with Crippen LogP contribution in [0.5, 0.6) is 0 Å². The van der Waals surface area contributed by atoms with Crippen molar-refractivity contribution in [3.05, 3.63) is 0 Å². The van der Waals surface area contributed by atoms with Gasteiger partial charge < -0.3 is 16.2 Å². The van der Waals surface area contributed by atoms with E-state index in [1.807, 2.05) is 0 Å². The first-order valence-electron chi connectivity index (χ1n) is 3.72. The Hall–Kier alpha value is -1.10. The standard InChI is InChI=1S/C7H14N2O3/c1-4(3-8)6(10)9-5(2)7(11)12/h4-5H,3,8H2,1-2H3,(H,9,10)(H,11,12). The lowest BCUT2D eigenvalue weighted by molar-refractivity contribution is -0.141. The fraction of sp³-hybridized carbons (Fsp3) is 0.714. The number of amides is 1. The van der Waals surface area contributed by atoms with Crippen LogP contribution in [0.15, 0.2) is 0 Å². The highest BCUT2D eigenvalue weighted by Crippen LogP contribution is 1.92. The van der Waals surface area contributed by atoms with E-state index in [2.05, 4.69) is 5.32 Å². The van der Waals surface area contributed by atoms with Gasteiger partial charge in [0.25, 0.3) is 0 Å². The van der Waals surface area contributed by atoms with Crippen molar-refractivity contribution in [3.63, 3.8) is 0 Å². The Morgan fingerprint density at radius 2 is 2.00 bits per heavy atom. The van der Waals surface area contributed by atoms with Gasteiger partial charge in [0.2, 0.25) is 5.91 Å². The third kappa shape index (κ3) is 3.34. The molecular weight excluding hydrogens is 160 g/mol. The molecule has 0 saturated heterocycles. The van der Waals surface area contributed by atoms with Crippen molar-refractivity contribution >= 4 is 11.9 Å². The lowest BCUT2D eigenvalue weighted by Crippen LogP contribution is -2.42. The lowest BCUT2D eigenvalue weighted by atomic mass is 10.1. The Labute approximate surface area is 70.9 Å². The number of carbonyl (C=O) groups excluding carboxylic acids is 1. The van der Waals surface area contributed by atoms with Crippen molar-refractivity contribution in [2.45, 2.75) is 19.9 Å². The molecule has 2 unspecified atom stereocenters. The zero-order chi connectivity index (χ0) is 9.72. The molecule has 0 fully saturated rings. The minimum atomic E-state index is -1.05. The van der Waals surface area contributed by atoms with Gasteiger partial charge in [0, 0.05) is 12.5 Å². The zero-order valence-electron chi connectivity index (χ0n) is 7.20. The molecule has 0 aromatic heterocycles. The average Bonchev–Trinajstić information content (AvgIpc) is 2.02. The normalized spacial score (nSPS) is 14.9. The van der Waals surface area contributed by atoms with Crippen LogP contribution < -0.4 is 11.1 Å². The van der Waals surface area contributed by atoms with Gasteiger partial charge >= 0.3 is 5.97 Å². The number of hydrogen-bond donors (Lipinski definition) is 3. The first kappa shape index (κ1) is 10.9. The molecule has 70 valence electrons. The number of carboxylic acid groups (broad SMARTS) is 1. The van der Waals surface area contributed by atoms with Crippen LogP contribution in [0.2, 0.25) is 0 Å². The molecule has 0 spiro atoms. The molecule has 5 nitrogen and oxygen atoms in total. The molecule has 0 heterocycles. The predicted molar refractivity (Wildman–Crippen MR) is 43.5 cm³/mol. The second-order valence-corrected chi connectivity index (χ2v) is 2.71. The van der Waals surface area contributed by atoms with Crippen LogP contribution in [0.3, 0.4) is 0 Å². The highest BCUT2D eigenvalue weighted by Gasteiger charge is 2.17. The largest absolute Gasteiger partial charge is 0.480 e. The molecule has 5 heteroatoms. The summed E-state index contributed by atoms with van der Waals surface area (Å²) in [5.74, 6) is -1.72. The first-order chi connectivity index (χ1) is 5.49. The van der Waals surface area contributed by atoms with E-state index in [1.165, 1.54) is 6.92 Å². The SMILES string of the molecule is CC(CN)C(=O)NC(C)C(=O)O. The highest BCUT2D eigenvalue weighted by molar-refractivity contribution is 5.84. The zero-order valence-corrected chi connectivity index (χ0v) is 7.20. The second kappa shape index (κ2) is 4.71. The van der Waals surface area contributed by atoms with Gasteiger partial charge in [-0.15, -0.1) is 0 Å². The van der Waals surface area contributed by atoms with Crippen LogP contribution in [0.1, 0.15) is 13.8 Å². The summed E-state index contributed by atoms with van der Waals surface area (Å²) in [5.41, 5.74) is 5.22. The number of carboxylic acids is 1. The molecule has 0 aliphatic heterocycles. The molecule has 0 aromatic carbocycles. The Balaban J connectivity index is 3.92. The second-order valence-electron chi connectivity index (χ2n) is 2.71. The number of hydrogen-bond acceptors (Lipinski definition) is 3. The molecule has 0 aliphatic carbocycles. The molecule has 0 aliphatic rings. The van der Waals surface area contributed by atoms with Crippen molar-refractivity contribution in [2.24, 2.45) is 11.7 Å². The summed E-state index contributed by atoms with van der Waals surface area (Å²) in [5, 5.41) is 10.8. The van der Waals surface area contributed by atoms with Crippen molar-refractivity contribution in [2.75, 3.05) is 6.54 Å². The Morgan fingerprint density at radius 3 is 2.33 bits per heavy atom. The van der Waals surface area contributed by atoms with E-state index in [9.17, 15) is 9.59 Å². The summed E-state index contributed by atoms with van der Waals surface area (Å²) in [4.78, 5) is 21.3. The fourth-order valence-corrected chi connectivity index (χ4v) is 0.524. The van der Waals surface area contributed by atoms with E-state index in [-0.39, 0.29) is 18.4 Å². The molecule has 12 heavy (non-hydrogen) atoms. The molecule has 0 aromatic rings. The molecule has 0 radical (unpaired) electrons. The topological polar surface area (TPSA) is 92.4 Å². The van der Waals surface area contributed by atoms with E-state index in [4.69, 9.17) is 10.8 Å². The lowest BCUT2D eigenvalue weighted by Gasteiger charge is -2.12. The first-order valence-corrected chi connectivity index (χ1v) is 3.72. The molecule has 0 rings (SSSR count). The number of nitrogens with one attached hydrogen (secondary N) is 1. The van der Waals surface area contributed by atoms with Gasteiger partial charge in [-0.25, -0.2) is 0 Å².